The fourth-order valence-corrected chi connectivity index (χ4v) is 1.36. The molecule has 2 amide bonds. The van der Waals surface area contributed by atoms with Gasteiger partial charge in [0.15, 0.2) is 11.8 Å². The Bertz CT molecular complexity index is 470. The number of carbonyl (C=O) groups is 3. The zero-order chi connectivity index (χ0) is 15.1. The van der Waals surface area contributed by atoms with Crippen molar-refractivity contribution in [3.8, 4) is 0 Å². The van der Waals surface area contributed by atoms with Crippen molar-refractivity contribution in [1.29, 1.82) is 0 Å². The average Bonchev–Trinajstić information content (AvgIpc) is 2.97. The van der Waals surface area contributed by atoms with E-state index >= 15 is 0 Å². The molecule has 110 valence electrons. The summed E-state index contributed by atoms with van der Waals surface area (Å²) < 4.78 is 9.28. The molecule has 2 unspecified atom stereocenters. The van der Waals surface area contributed by atoms with Crippen molar-refractivity contribution in [3.05, 3.63) is 24.2 Å². The van der Waals surface area contributed by atoms with E-state index in [0.717, 1.165) is 7.11 Å². The Balaban J connectivity index is 2.54. The third kappa shape index (κ3) is 4.09. The summed E-state index contributed by atoms with van der Waals surface area (Å²) in [7, 11) is 1.14. The number of amides is 2. The van der Waals surface area contributed by atoms with Gasteiger partial charge in [-0.2, -0.15) is 0 Å². The van der Waals surface area contributed by atoms with Crippen LogP contribution in [0.5, 0.6) is 0 Å². The minimum atomic E-state index is -1.17. The molecular formula is C12H16N2O6. The van der Waals surface area contributed by atoms with Crippen LogP contribution in [-0.2, 0) is 14.3 Å². The molecule has 0 saturated carbocycles. The number of aliphatic hydroxyl groups excluding tert-OH is 1. The molecule has 20 heavy (non-hydrogen) atoms. The van der Waals surface area contributed by atoms with Crippen molar-refractivity contribution in [3.63, 3.8) is 0 Å². The van der Waals surface area contributed by atoms with E-state index in [-0.39, 0.29) is 5.76 Å². The maximum atomic E-state index is 11.8. The number of nitrogens with one attached hydrogen (secondary N) is 2. The van der Waals surface area contributed by atoms with E-state index in [1.54, 1.807) is 6.07 Å². The Hall–Kier alpha value is -2.35. The third-order valence-electron chi connectivity index (χ3n) is 2.47. The lowest BCUT2D eigenvalue weighted by atomic mass is 10.2. The molecule has 1 heterocycles. The largest absolute Gasteiger partial charge is 0.467 e. The van der Waals surface area contributed by atoms with Gasteiger partial charge >= 0.3 is 5.97 Å². The average molecular weight is 284 g/mol. The zero-order valence-electron chi connectivity index (χ0n) is 11.1. The van der Waals surface area contributed by atoms with Crippen LogP contribution in [0.25, 0.3) is 0 Å². The molecule has 8 heteroatoms. The molecular weight excluding hydrogens is 268 g/mol. The molecule has 0 fully saturated rings. The van der Waals surface area contributed by atoms with Gasteiger partial charge in [-0.15, -0.1) is 0 Å². The highest BCUT2D eigenvalue weighted by molar-refractivity contribution is 5.96. The Kier molecular flexibility index (Phi) is 5.73. The molecule has 0 aliphatic rings. The van der Waals surface area contributed by atoms with Crippen molar-refractivity contribution >= 4 is 17.8 Å². The van der Waals surface area contributed by atoms with Crippen molar-refractivity contribution < 1.29 is 28.6 Å². The number of esters is 1. The Labute approximate surface area is 115 Å². The van der Waals surface area contributed by atoms with E-state index in [1.165, 1.54) is 19.3 Å². The number of furan rings is 1. The maximum absolute atomic E-state index is 11.8. The van der Waals surface area contributed by atoms with Gasteiger partial charge in [0.2, 0.25) is 5.91 Å². The number of ether oxygens (including phenoxy) is 1. The zero-order valence-corrected chi connectivity index (χ0v) is 11.1. The minimum absolute atomic E-state index is 0.0660. The van der Waals surface area contributed by atoms with Crippen LogP contribution in [0.2, 0.25) is 0 Å². The van der Waals surface area contributed by atoms with Crippen LogP contribution in [0.4, 0.5) is 0 Å². The molecule has 8 nitrogen and oxygen atoms in total. The first-order valence-electron chi connectivity index (χ1n) is 5.83. The summed E-state index contributed by atoms with van der Waals surface area (Å²) in [5.41, 5.74) is 0. The lowest BCUT2D eigenvalue weighted by Gasteiger charge is -2.17. The second-order valence-corrected chi connectivity index (χ2v) is 3.94. The van der Waals surface area contributed by atoms with Gasteiger partial charge in [0.25, 0.3) is 5.91 Å². The quantitative estimate of drug-likeness (QED) is 0.580. The van der Waals surface area contributed by atoms with Crippen LogP contribution >= 0.6 is 0 Å². The number of hydrogen-bond donors (Lipinski definition) is 3. The van der Waals surface area contributed by atoms with Gasteiger partial charge in [-0.05, 0) is 19.1 Å². The molecule has 0 spiro atoms. The van der Waals surface area contributed by atoms with E-state index in [4.69, 9.17) is 9.52 Å². The summed E-state index contributed by atoms with van der Waals surface area (Å²) in [6.45, 7) is 0.832. The standard InChI is InChI=1S/C12H16N2O6/c1-7(13-11(17)9-4-3-5-20-9)10(16)14-8(6-15)12(18)19-2/h3-5,7-8,15H,6H2,1-2H3,(H,13,17)(H,14,16). The van der Waals surface area contributed by atoms with Gasteiger partial charge in [-0.3, -0.25) is 9.59 Å². The van der Waals surface area contributed by atoms with Crippen LogP contribution in [-0.4, -0.2) is 48.7 Å². The molecule has 0 bridgehead atoms. The van der Waals surface area contributed by atoms with E-state index in [9.17, 15) is 14.4 Å². The van der Waals surface area contributed by atoms with Gasteiger partial charge in [0, 0.05) is 0 Å². The molecule has 0 radical (unpaired) electrons. The highest BCUT2D eigenvalue weighted by Gasteiger charge is 2.24. The van der Waals surface area contributed by atoms with Gasteiger partial charge in [-0.1, -0.05) is 0 Å². The molecule has 1 aromatic heterocycles. The van der Waals surface area contributed by atoms with Crippen LogP contribution < -0.4 is 10.6 Å². The van der Waals surface area contributed by atoms with Crippen LogP contribution in [0.1, 0.15) is 17.5 Å². The molecule has 3 N–H and O–H groups in total. The SMILES string of the molecule is COC(=O)C(CO)NC(=O)C(C)NC(=O)c1ccco1. The third-order valence-corrected chi connectivity index (χ3v) is 2.47. The van der Waals surface area contributed by atoms with Gasteiger partial charge in [0.05, 0.1) is 20.0 Å². The lowest BCUT2D eigenvalue weighted by Crippen LogP contribution is -2.51. The Morgan fingerprint density at radius 1 is 1.40 bits per heavy atom. The molecule has 1 aromatic rings. The normalized spacial score (nSPS) is 13.2. The fourth-order valence-electron chi connectivity index (χ4n) is 1.36. The maximum Gasteiger partial charge on any atom is 0.330 e. The minimum Gasteiger partial charge on any atom is -0.467 e. The Morgan fingerprint density at radius 3 is 2.60 bits per heavy atom. The lowest BCUT2D eigenvalue weighted by molar-refractivity contribution is -0.146. The number of carbonyl (C=O) groups excluding carboxylic acids is 3. The summed E-state index contributed by atoms with van der Waals surface area (Å²) in [5.74, 6) is -1.90. The first-order valence-corrected chi connectivity index (χ1v) is 5.83. The summed E-state index contributed by atoms with van der Waals surface area (Å²) in [6, 6.07) is 0.908. The first kappa shape index (κ1) is 15.7. The number of rotatable bonds is 6. The highest BCUT2D eigenvalue weighted by atomic mass is 16.5. The molecule has 0 aromatic carbocycles. The van der Waals surface area contributed by atoms with Gasteiger partial charge in [-0.25, -0.2) is 4.79 Å². The summed E-state index contributed by atoms with van der Waals surface area (Å²) >= 11 is 0. The van der Waals surface area contributed by atoms with Crippen molar-refractivity contribution in [2.45, 2.75) is 19.0 Å². The number of hydrogen-bond acceptors (Lipinski definition) is 6. The van der Waals surface area contributed by atoms with Crippen LogP contribution in [0.3, 0.4) is 0 Å². The highest BCUT2D eigenvalue weighted by Crippen LogP contribution is 2.00. The topological polar surface area (TPSA) is 118 Å². The summed E-state index contributed by atoms with van der Waals surface area (Å²) in [5, 5.41) is 13.6. The molecule has 2 atom stereocenters. The smallest absolute Gasteiger partial charge is 0.330 e. The van der Waals surface area contributed by atoms with Crippen molar-refractivity contribution in [2.75, 3.05) is 13.7 Å². The second-order valence-electron chi connectivity index (χ2n) is 3.94. The second kappa shape index (κ2) is 7.29. The number of aliphatic hydroxyl groups is 1. The van der Waals surface area contributed by atoms with Crippen molar-refractivity contribution in [1.82, 2.24) is 10.6 Å². The monoisotopic (exact) mass is 284 g/mol. The van der Waals surface area contributed by atoms with E-state index < -0.39 is 36.5 Å². The van der Waals surface area contributed by atoms with E-state index in [0.29, 0.717) is 0 Å². The molecule has 1 rings (SSSR count). The fraction of sp³-hybridized carbons (Fsp3) is 0.417. The van der Waals surface area contributed by atoms with E-state index in [1.807, 2.05) is 0 Å². The predicted molar refractivity (Wildman–Crippen MR) is 66.7 cm³/mol. The molecule has 0 aliphatic carbocycles. The predicted octanol–water partition coefficient (Wildman–Crippen LogP) is -0.952. The molecule has 0 saturated heterocycles. The Morgan fingerprint density at radius 2 is 2.10 bits per heavy atom. The first-order chi connectivity index (χ1) is 9.49. The number of methoxy groups -OCH3 is 1. The van der Waals surface area contributed by atoms with Gasteiger partial charge < -0.3 is 24.9 Å². The van der Waals surface area contributed by atoms with Crippen LogP contribution in [0.15, 0.2) is 22.8 Å². The van der Waals surface area contributed by atoms with Crippen LogP contribution in [0, 0.1) is 0 Å². The summed E-state index contributed by atoms with van der Waals surface area (Å²) in [6.07, 6.45) is 1.33. The van der Waals surface area contributed by atoms with E-state index in [2.05, 4.69) is 15.4 Å². The molecule has 0 aliphatic heterocycles. The summed E-state index contributed by atoms with van der Waals surface area (Å²) in [4.78, 5) is 34.6. The van der Waals surface area contributed by atoms with Crippen molar-refractivity contribution in [2.24, 2.45) is 0 Å². The van der Waals surface area contributed by atoms with Gasteiger partial charge in [0.1, 0.15) is 6.04 Å².